The Morgan fingerprint density at radius 3 is 2.25 bits per heavy atom. The van der Waals surface area contributed by atoms with Crippen LogP contribution in [-0.2, 0) is 4.79 Å². The Hall–Kier alpha value is -1.13. The van der Waals surface area contributed by atoms with Gasteiger partial charge in [0, 0.05) is 13.0 Å². The van der Waals surface area contributed by atoms with Crippen LogP contribution in [0.25, 0.3) is 0 Å². The molecule has 1 rings (SSSR count). The number of ether oxygens (including phenoxy) is 3. The average Bonchev–Trinajstić information content (AvgIpc) is 2.23. The summed E-state index contributed by atoms with van der Waals surface area (Å²) in [6.07, 6.45) is 0. The highest BCUT2D eigenvalue weighted by atomic mass is 35.5. The zero-order valence-electron chi connectivity index (χ0n) is 8.97. The van der Waals surface area contributed by atoms with Crippen molar-refractivity contribution in [3.8, 4) is 17.2 Å². The Labute approximate surface area is 103 Å². The lowest BCUT2D eigenvalue weighted by Gasteiger charge is -2.14. The van der Waals surface area contributed by atoms with Crippen molar-refractivity contribution >= 4 is 29.2 Å². The molecule has 0 unspecified atom stereocenters. The van der Waals surface area contributed by atoms with Gasteiger partial charge in [-0.3, -0.25) is 4.79 Å². The van der Waals surface area contributed by atoms with Crippen LogP contribution < -0.4 is 14.2 Å². The predicted octanol–water partition coefficient (Wildman–Crippen LogP) is 2.94. The number of esters is 1. The second kappa shape index (κ2) is 5.27. The van der Waals surface area contributed by atoms with Crippen molar-refractivity contribution in [3.05, 3.63) is 16.1 Å². The van der Waals surface area contributed by atoms with Crippen molar-refractivity contribution in [1.29, 1.82) is 0 Å². The minimum atomic E-state index is -0.505. The molecular weight excluding hydrogens is 255 g/mol. The van der Waals surface area contributed by atoms with Crippen LogP contribution in [0.2, 0.25) is 10.0 Å². The molecule has 1 aromatic carbocycles. The first-order valence-electron chi connectivity index (χ1n) is 4.29. The average molecular weight is 265 g/mol. The molecule has 4 nitrogen and oxygen atoms in total. The quantitative estimate of drug-likeness (QED) is 0.622. The lowest BCUT2D eigenvalue weighted by Crippen LogP contribution is -2.05. The molecule has 1 aromatic rings. The summed E-state index contributed by atoms with van der Waals surface area (Å²) >= 11 is 11.8. The molecule has 0 aliphatic carbocycles. The number of rotatable bonds is 3. The third kappa shape index (κ3) is 2.51. The number of hydrogen-bond donors (Lipinski definition) is 0. The van der Waals surface area contributed by atoms with Crippen LogP contribution in [0.5, 0.6) is 17.2 Å². The topological polar surface area (TPSA) is 44.8 Å². The third-order valence-corrected chi connectivity index (χ3v) is 2.54. The number of methoxy groups -OCH3 is 2. The molecular formula is C10H10Cl2O4. The van der Waals surface area contributed by atoms with Gasteiger partial charge in [0.25, 0.3) is 0 Å². The molecule has 0 radical (unpaired) electrons. The zero-order valence-corrected chi connectivity index (χ0v) is 10.5. The number of hydrogen-bond acceptors (Lipinski definition) is 4. The van der Waals surface area contributed by atoms with Gasteiger partial charge in [0.15, 0.2) is 11.5 Å². The summed E-state index contributed by atoms with van der Waals surface area (Å²) in [6, 6.07) is 1.45. The highest BCUT2D eigenvalue weighted by Gasteiger charge is 2.20. The van der Waals surface area contributed by atoms with Crippen molar-refractivity contribution in [2.45, 2.75) is 6.92 Å². The molecule has 88 valence electrons. The second-order valence-corrected chi connectivity index (χ2v) is 3.62. The van der Waals surface area contributed by atoms with Crippen LogP contribution in [-0.4, -0.2) is 20.2 Å². The van der Waals surface area contributed by atoms with Crippen molar-refractivity contribution in [1.82, 2.24) is 0 Å². The highest BCUT2D eigenvalue weighted by Crippen LogP contribution is 2.46. The number of benzene rings is 1. The van der Waals surface area contributed by atoms with Gasteiger partial charge in [0.05, 0.1) is 19.2 Å². The molecule has 0 fully saturated rings. The molecule has 0 aromatic heterocycles. The highest BCUT2D eigenvalue weighted by molar-refractivity contribution is 6.43. The van der Waals surface area contributed by atoms with Gasteiger partial charge < -0.3 is 14.2 Å². The Balaban J connectivity index is 3.40. The van der Waals surface area contributed by atoms with Crippen molar-refractivity contribution < 1.29 is 19.0 Å². The fourth-order valence-corrected chi connectivity index (χ4v) is 1.54. The summed E-state index contributed by atoms with van der Waals surface area (Å²) in [5.74, 6) is 0.0598. The van der Waals surface area contributed by atoms with Crippen LogP contribution in [0.15, 0.2) is 6.07 Å². The molecule has 0 bridgehead atoms. The maximum absolute atomic E-state index is 10.9. The van der Waals surface area contributed by atoms with Gasteiger partial charge >= 0.3 is 5.97 Å². The number of carbonyl (C=O) groups is 1. The van der Waals surface area contributed by atoms with Crippen LogP contribution in [0, 0.1) is 0 Å². The molecule has 0 saturated heterocycles. The Morgan fingerprint density at radius 1 is 1.19 bits per heavy atom. The summed E-state index contributed by atoms with van der Waals surface area (Å²) in [4.78, 5) is 10.9. The van der Waals surface area contributed by atoms with E-state index in [1.54, 1.807) is 0 Å². The summed E-state index contributed by atoms with van der Waals surface area (Å²) in [5.41, 5.74) is 0. The third-order valence-electron chi connectivity index (χ3n) is 1.77. The fourth-order valence-electron chi connectivity index (χ4n) is 1.14. The van der Waals surface area contributed by atoms with E-state index in [9.17, 15) is 4.79 Å². The molecule has 6 heteroatoms. The summed E-state index contributed by atoms with van der Waals surface area (Å²) < 4.78 is 15.0. The smallest absolute Gasteiger partial charge is 0.308 e. The molecule has 0 saturated carbocycles. The summed E-state index contributed by atoms with van der Waals surface area (Å²) in [7, 11) is 2.82. The molecule has 0 aliphatic rings. The first-order chi connectivity index (χ1) is 7.51. The van der Waals surface area contributed by atoms with E-state index in [0.717, 1.165) is 0 Å². The van der Waals surface area contributed by atoms with Crippen LogP contribution >= 0.6 is 23.2 Å². The minimum Gasteiger partial charge on any atom is -0.493 e. The van der Waals surface area contributed by atoms with Gasteiger partial charge in [0.1, 0.15) is 5.02 Å². The van der Waals surface area contributed by atoms with E-state index in [2.05, 4.69) is 0 Å². The lowest BCUT2D eigenvalue weighted by atomic mass is 10.3. The van der Waals surface area contributed by atoms with Gasteiger partial charge in [-0.15, -0.1) is 0 Å². The van der Waals surface area contributed by atoms with Crippen LogP contribution in [0.3, 0.4) is 0 Å². The molecule has 0 atom stereocenters. The maximum atomic E-state index is 10.9. The lowest BCUT2D eigenvalue weighted by molar-refractivity contribution is -0.132. The molecule has 0 amide bonds. The van der Waals surface area contributed by atoms with Crippen LogP contribution in [0.1, 0.15) is 6.92 Å². The van der Waals surface area contributed by atoms with E-state index in [1.165, 1.54) is 27.2 Å². The Morgan fingerprint density at radius 2 is 1.81 bits per heavy atom. The second-order valence-electron chi connectivity index (χ2n) is 2.83. The van der Waals surface area contributed by atoms with Gasteiger partial charge in [-0.2, -0.15) is 0 Å². The van der Waals surface area contributed by atoms with E-state index >= 15 is 0 Å². The minimum absolute atomic E-state index is 0.118. The Bertz CT molecular complexity index is 418. The normalized spacial score (nSPS) is 9.81. The van der Waals surface area contributed by atoms with Crippen LogP contribution in [0.4, 0.5) is 0 Å². The van der Waals surface area contributed by atoms with Gasteiger partial charge in [-0.05, 0) is 0 Å². The standard InChI is InChI=1S/C10H10Cl2O4/c1-5(13)16-9-7(14-2)4-6(11)8(12)10(9)15-3/h4H,1-3H3. The summed E-state index contributed by atoms with van der Waals surface area (Å²) in [5, 5.41) is 0.424. The SMILES string of the molecule is COc1cc(Cl)c(Cl)c(OC)c1OC(C)=O. The first kappa shape index (κ1) is 12.9. The number of carbonyl (C=O) groups excluding carboxylic acids is 1. The largest absolute Gasteiger partial charge is 0.493 e. The van der Waals surface area contributed by atoms with E-state index < -0.39 is 5.97 Å². The molecule has 0 N–H and O–H groups in total. The van der Waals surface area contributed by atoms with Crippen molar-refractivity contribution in [3.63, 3.8) is 0 Å². The van der Waals surface area contributed by atoms with Gasteiger partial charge in [0.2, 0.25) is 5.75 Å². The molecule has 0 spiro atoms. The number of halogens is 2. The van der Waals surface area contributed by atoms with E-state index in [-0.39, 0.29) is 27.3 Å². The summed E-state index contributed by atoms with van der Waals surface area (Å²) in [6.45, 7) is 1.27. The maximum Gasteiger partial charge on any atom is 0.308 e. The molecule has 0 heterocycles. The van der Waals surface area contributed by atoms with Gasteiger partial charge in [-0.25, -0.2) is 0 Å². The molecule has 0 aliphatic heterocycles. The monoisotopic (exact) mass is 264 g/mol. The Kier molecular flexibility index (Phi) is 4.26. The van der Waals surface area contributed by atoms with Crippen molar-refractivity contribution in [2.75, 3.05) is 14.2 Å². The van der Waals surface area contributed by atoms with E-state index in [4.69, 9.17) is 37.4 Å². The fraction of sp³-hybridized carbons (Fsp3) is 0.300. The first-order valence-corrected chi connectivity index (χ1v) is 5.05. The molecule has 16 heavy (non-hydrogen) atoms. The van der Waals surface area contributed by atoms with Crippen molar-refractivity contribution in [2.24, 2.45) is 0 Å². The van der Waals surface area contributed by atoms with Gasteiger partial charge in [-0.1, -0.05) is 23.2 Å². The van der Waals surface area contributed by atoms with E-state index in [0.29, 0.717) is 0 Å². The van der Waals surface area contributed by atoms with E-state index in [1.807, 2.05) is 0 Å². The zero-order chi connectivity index (χ0) is 12.3. The predicted molar refractivity (Wildman–Crippen MR) is 60.9 cm³/mol.